The molecular weight excluding hydrogens is 264 g/mol. The Bertz CT molecular complexity index is 774. The van der Waals surface area contributed by atoms with Crippen molar-refractivity contribution in [1.29, 1.82) is 0 Å². The quantitative estimate of drug-likeness (QED) is 0.775. The van der Waals surface area contributed by atoms with Gasteiger partial charge in [-0.1, -0.05) is 6.07 Å². The Labute approximate surface area is 122 Å². The molecule has 2 aromatic carbocycles. The first-order valence-corrected chi connectivity index (χ1v) is 6.65. The van der Waals surface area contributed by atoms with Crippen molar-refractivity contribution in [1.82, 2.24) is 10.2 Å². The van der Waals surface area contributed by atoms with Crippen LogP contribution >= 0.6 is 0 Å². The fraction of sp³-hybridized carbons (Fsp3) is 0.125. The summed E-state index contributed by atoms with van der Waals surface area (Å²) in [6.07, 6.45) is 1.73. The predicted octanol–water partition coefficient (Wildman–Crippen LogP) is 2.88. The zero-order chi connectivity index (χ0) is 14.8. The third kappa shape index (κ3) is 2.72. The largest absolute Gasteiger partial charge is 0.378 e. The number of nitrogens with one attached hydrogen (secondary N) is 2. The lowest BCUT2D eigenvalue weighted by Gasteiger charge is -2.13. The number of hydrogen-bond donors (Lipinski definition) is 2. The first kappa shape index (κ1) is 13.2. The molecule has 0 aliphatic rings. The van der Waals surface area contributed by atoms with Gasteiger partial charge in [-0.2, -0.15) is 5.10 Å². The molecule has 0 spiro atoms. The topological polar surface area (TPSA) is 61.0 Å². The van der Waals surface area contributed by atoms with E-state index in [1.54, 1.807) is 18.3 Å². The predicted molar refractivity (Wildman–Crippen MR) is 84.8 cm³/mol. The third-order valence-electron chi connectivity index (χ3n) is 3.35. The van der Waals surface area contributed by atoms with Gasteiger partial charge in [0.15, 0.2) is 0 Å². The van der Waals surface area contributed by atoms with E-state index in [4.69, 9.17) is 0 Å². The number of benzene rings is 2. The maximum absolute atomic E-state index is 12.2. The molecule has 2 N–H and O–H groups in total. The van der Waals surface area contributed by atoms with Crippen LogP contribution in [0.1, 0.15) is 10.4 Å². The number of hydrogen-bond acceptors (Lipinski definition) is 3. The fourth-order valence-electron chi connectivity index (χ4n) is 2.12. The second kappa shape index (κ2) is 5.28. The lowest BCUT2D eigenvalue weighted by Crippen LogP contribution is -2.12. The first-order valence-electron chi connectivity index (χ1n) is 6.65. The van der Waals surface area contributed by atoms with E-state index in [1.807, 2.05) is 49.3 Å². The normalized spacial score (nSPS) is 10.6. The van der Waals surface area contributed by atoms with Gasteiger partial charge in [-0.05, 0) is 36.4 Å². The summed E-state index contributed by atoms with van der Waals surface area (Å²) in [5, 5.41) is 10.7. The summed E-state index contributed by atoms with van der Waals surface area (Å²) >= 11 is 0. The highest BCUT2D eigenvalue weighted by Crippen LogP contribution is 2.18. The summed E-state index contributed by atoms with van der Waals surface area (Å²) in [4.78, 5) is 14.3. The van der Waals surface area contributed by atoms with E-state index < -0.39 is 0 Å². The minimum atomic E-state index is -0.135. The van der Waals surface area contributed by atoms with Crippen molar-refractivity contribution >= 4 is 28.2 Å². The Balaban J connectivity index is 1.78. The minimum Gasteiger partial charge on any atom is -0.378 e. The van der Waals surface area contributed by atoms with E-state index in [2.05, 4.69) is 15.5 Å². The molecule has 0 bridgehead atoms. The Hall–Kier alpha value is -2.82. The zero-order valence-electron chi connectivity index (χ0n) is 11.9. The van der Waals surface area contributed by atoms with Crippen LogP contribution in [-0.2, 0) is 0 Å². The van der Waals surface area contributed by atoms with Crippen molar-refractivity contribution < 1.29 is 4.79 Å². The lowest BCUT2D eigenvalue weighted by molar-refractivity contribution is 0.102. The van der Waals surface area contributed by atoms with Gasteiger partial charge in [-0.25, -0.2) is 0 Å². The van der Waals surface area contributed by atoms with Crippen molar-refractivity contribution in [3.63, 3.8) is 0 Å². The van der Waals surface area contributed by atoms with E-state index in [-0.39, 0.29) is 5.91 Å². The van der Waals surface area contributed by atoms with E-state index in [9.17, 15) is 4.79 Å². The number of carbonyl (C=O) groups is 1. The highest BCUT2D eigenvalue weighted by atomic mass is 16.1. The fourth-order valence-corrected chi connectivity index (χ4v) is 2.12. The van der Waals surface area contributed by atoms with E-state index >= 15 is 0 Å². The summed E-state index contributed by atoms with van der Waals surface area (Å²) in [5.41, 5.74) is 3.32. The number of fused-ring (bicyclic) bond motifs is 1. The third-order valence-corrected chi connectivity index (χ3v) is 3.35. The van der Waals surface area contributed by atoms with Gasteiger partial charge >= 0.3 is 0 Å². The molecule has 1 amide bonds. The molecule has 0 aliphatic heterocycles. The molecule has 1 aromatic heterocycles. The zero-order valence-corrected chi connectivity index (χ0v) is 11.9. The van der Waals surface area contributed by atoms with Crippen LogP contribution in [0.25, 0.3) is 10.9 Å². The molecule has 5 nitrogen and oxygen atoms in total. The summed E-state index contributed by atoms with van der Waals surface area (Å²) in [6, 6.07) is 13.2. The maximum atomic E-state index is 12.2. The van der Waals surface area contributed by atoms with Gasteiger partial charge in [0.05, 0.1) is 11.7 Å². The molecule has 0 saturated heterocycles. The van der Waals surface area contributed by atoms with Crippen LogP contribution in [0.3, 0.4) is 0 Å². The monoisotopic (exact) mass is 280 g/mol. The van der Waals surface area contributed by atoms with Gasteiger partial charge < -0.3 is 10.2 Å². The summed E-state index contributed by atoms with van der Waals surface area (Å²) in [7, 11) is 3.96. The molecule has 0 saturated carbocycles. The number of H-pyrrole nitrogens is 1. The summed E-state index contributed by atoms with van der Waals surface area (Å²) in [6.45, 7) is 0. The summed E-state index contributed by atoms with van der Waals surface area (Å²) in [5.74, 6) is -0.135. The maximum Gasteiger partial charge on any atom is 0.255 e. The van der Waals surface area contributed by atoms with Crippen LogP contribution in [0.15, 0.2) is 48.7 Å². The molecule has 0 unspecified atom stereocenters. The second-order valence-corrected chi connectivity index (χ2v) is 5.07. The van der Waals surface area contributed by atoms with Crippen molar-refractivity contribution in [2.24, 2.45) is 0 Å². The Morgan fingerprint density at radius 2 is 1.90 bits per heavy atom. The average molecular weight is 280 g/mol. The highest BCUT2D eigenvalue weighted by Gasteiger charge is 2.08. The number of amides is 1. The van der Waals surface area contributed by atoms with Gasteiger partial charge in [-0.15, -0.1) is 0 Å². The van der Waals surface area contributed by atoms with Crippen LogP contribution in [0.4, 0.5) is 11.4 Å². The van der Waals surface area contributed by atoms with Gasteiger partial charge in [0.25, 0.3) is 5.91 Å². The standard InChI is InChI=1S/C16H16N4O/c1-20(2)14-7-5-13(6-8-14)18-16(21)11-3-4-12-10-17-19-15(12)9-11/h3-10H,1-2H3,(H,17,19)(H,18,21). The molecular formula is C16H16N4O. The molecule has 0 radical (unpaired) electrons. The first-order chi connectivity index (χ1) is 10.1. The molecule has 1 heterocycles. The van der Waals surface area contributed by atoms with Crippen LogP contribution in [-0.4, -0.2) is 30.2 Å². The number of carbonyl (C=O) groups excluding carboxylic acids is 1. The van der Waals surface area contributed by atoms with Gasteiger partial charge in [0, 0.05) is 36.4 Å². The van der Waals surface area contributed by atoms with E-state index in [0.29, 0.717) is 5.56 Å². The molecule has 3 rings (SSSR count). The molecule has 0 atom stereocenters. The van der Waals surface area contributed by atoms with E-state index in [0.717, 1.165) is 22.3 Å². The number of rotatable bonds is 3. The van der Waals surface area contributed by atoms with Crippen LogP contribution in [0.5, 0.6) is 0 Å². The molecule has 21 heavy (non-hydrogen) atoms. The van der Waals surface area contributed by atoms with Crippen molar-refractivity contribution in [3.8, 4) is 0 Å². The van der Waals surface area contributed by atoms with Crippen molar-refractivity contribution in [3.05, 3.63) is 54.2 Å². The molecule has 0 fully saturated rings. The van der Waals surface area contributed by atoms with Crippen molar-refractivity contribution in [2.45, 2.75) is 0 Å². The number of aromatic nitrogens is 2. The number of anilines is 2. The van der Waals surface area contributed by atoms with E-state index in [1.165, 1.54) is 0 Å². The smallest absolute Gasteiger partial charge is 0.255 e. The number of aromatic amines is 1. The van der Waals surface area contributed by atoms with Gasteiger partial charge in [0.2, 0.25) is 0 Å². The second-order valence-electron chi connectivity index (χ2n) is 5.07. The molecule has 0 aliphatic carbocycles. The summed E-state index contributed by atoms with van der Waals surface area (Å²) < 4.78 is 0. The Morgan fingerprint density at radius 3 is 2.62 bits per heavy atom. The highest BCUT2D eigenvalue weighted by molar-refractivity contribution is 6.06. The number of nitrogens with zero attached hydrogens (tertiary/aromatic N) is 2. The van der Waals surface area contributed by atoms with Crippen molar-refractivity contribution in [2.75, 3.05) is 24.3 Å². The van der Waals surface area contributed by atoms with Gasteiger partial charge in [0.1, 0.15) is 0 Å². The van der Waals surface area contributed by atoms with Crippen LogP contribution < -0.4 is 10.2 Å². The average Bonchev–Trinajstić information content (AvgIpc) is 2.95. The van der Waals surface area contributed by atoms with Crippen LogP contribution in [0.2, 0.25) is 0 Å². The SMILES string of the molecule is CN(C)c1ccc(NC(=O)c2ccc3cn[nH]c3c2)cc1. The lowest BCUT2D eigenvalue weighted by atomic mass is 10.1. The molecule has 3 aromatic rings. The van der Waals surface area contributed by atoms with Gasteiger partial charge in [-0.3, -0.25) is 9.89 Å². The Morgan fingerprint density at radius 1 is 1.14 bits per heavy atom. The minimum absolute atomic E-state index is 0.135. The Kier molecular flexibility index (Phi) is 3.31. The molecule has 106 valence electrons. The van der Waals surface area contributed by atoms with Crippen LogP contribution in [0, 0.1) is 0 Å². The molecule has 5 heteroatoms.